The molecule has 21 nitrogen and oxygen atoms in total. The second-order valence-corrected chi connectivity index (χ2v) is 20.1. The number of aryl methyl sites for hydroxylation is 3. The van der Waals surface area contributed by atoms with Gasteiger partial charge in [-0.1, -0.05) is 53.6 Å². The van der Waals surface area contributed by atoms with Crippen molar-refractivity contribution in [2.45, 2.75) is 134 Å². The number of rotatable bonds is 20. The van der Waals surface area contributed by atoms with Crippen LogP contribution in [0.15, 0.2) is 69.4 Å². The fraction of sp³-hybridized carbons (Fsp3) is 0.532. The highest BCUT2D eigenvalue weighted by molar-refractivity contribution is 8.00. The molecule has 1 aromatic heterocycles. The third kappa shape index (κ3) is 14.9. The Morgan fingerprint density at radius 3 is 2.32 bits per heavy atom. The van der Waals surface area contributed by atoms with Crippen molar-refractivity contribution >= 4 is 47.3 Å². The molecule has 4 amide bonds. The number of aromatic nitrogens is 2. The van der Waals surface area contributed by atoms with Gasteiger partial charge in [-0.25, -0.2) is 4.79 Å². The zero-order chi connectivity index (χ0) is 50.6. The van der Waals surface area contributed by atoms with Gasteiger partial charge < -0.3 is 39.8 Å². The Hall–Kier alpha value is -6.64. The van der Waals surface area contributed by atoms with E-state index in [1.165, 1.54) is 29.8 Å². The van der Waals surface area contributed by atoms with Crippen molar-refractivity contribution in [1.82, 2.24) is 30.4 Å². The monoisotopic (exact) mass is 975 g/mol. The molecule has 3 heterocycles. The van der Waals surface area contributed by atoms with Crippen LogP contribution in [0.1, 0.15) is 88.8 Å². The summed E-state index contributed by atoms with van der Waals surface area (Å²) in [4.78, 5) is 112. The van der Waals surface area contributed by atoms with Crippen LogP contribution in [0.5, 0.6) is 5.75 Å². The van der Waals surface area contributed by atoms with Crippen molar-refractivity contribution in [3.63, 3.8) is 0 Å². The van der Waals surface area contributed by atoms with E-state index < -0.39 is 113 Å². The van der Waals surface area contributed by atoms with E-state index in [1.54, 1.807) is 30.3 Å². The van der Waals surface area contributed by atoms with Crippen LogP contribution in [0.4, 0.5) is 0 Å². The van der Waals surface area contributed by atoms with Crippen molar-refractivity contribution in [2.24, 2.45) is 5.11 Å². The van der Waals surface area contributed by atoms with E-state index >= 15 is 0 Å². The minimum Gasteiger partial charge on any atom is -0.483 e. The predicted molar refractivity (Wildman–Crippen MR) is 254 cm³/mol. The number of amides is 4. The number of esters is 2. The summed E-state index contributed by atoms with van der Waals surface area (Å²) in [5.74, 6) is -3.42. The van der Waals surface area contributed by atoms with Crippen LogP contribution in [-0.2, 0) is 49.4 Å². The topological polar surface area (TPSA) is 282 Å². The number of nitrogens with one attached hydrogen (secondary N) is 4. The fourth-order valence-corrected chi connectivity index (χ4v) is 9.05. The summed E-state index contributed by atoms with van der Waals surface area (Å²) in [6.07, 6.45) is -3.22. The number of hydrogen-bond donors (Lipinski definition) is 4. The molecule has 372 valence electrons. The first-order valence-electron chi connectivity index (χ1n) is 22.5. The number of benzene rings is 2. The summed E-state index contributed by atoms with van der Waals surface area (Å²) < 4.78 is 23.5. The average molecular weight is 976 g/mol. The molecule has 0 radical (unpaired) electrons. The molecule has 2 aromatic carbocycles. The van der Waals surface area contributed by atoms with Gasteiger partial charge in [0.15, 0.2) is 6.61 Å². The predicted octanol–water partition coefficient (Wildman–Crippen LogP) is 3.57. The van der Waals surface area contributed by atoms with Gasteiger partial charge in [0, 0.05) is 46.3 Å². The highest BCUT2D eigenvalue weighted by Crippen LogP contribution is 2.40. The van der Waals surface area contributed by atoms with Gasteiger partial charge in [-0.05, 0) is 84.0 Å². The van der Waals surface area contributed by atoms with Gasteiger partial charge >= 0.3 is 17.6 Å². The van der Waals surface area contributed by atoms with Gasteiger partial charge in [0.1, 0.15) is 30.7 Å². The van der Waals surface area contributed by atoms with Gasteiger partial charge in [0.2, 0.25) is 17.9 Å². The third-order valence-electron chi connectivity index (χ3n) is 11.3. The van der Waals surface area contributed by atoms with E-state index in [0.717, 1.165) is 15.7 Å². The van der Waals surface area contributed by atoms with E-state index in [1.807, 2.05) is 66.7 Å². The van der Waals surface area contributed by atoms with Gasteiger partial charge in [0.25, 0.3) is 17.4 Å². The van der Waals surface area contributed by atoms with Crippen molar-refractivity contribution in [2.75, 3.05) is 25.6 Å². The molecule has 2 fully saturated rings. The van der Waals surface area contributed by atoms with Crippen LogP contribution in [0.2, 0.25) is 0 Å². The number of nitrogens with zero attached hydrogens (tertiary/aromatic N) is 5. The first-order valence-corrected chi connectivity index (χ1v) is 23.5. The Morgan fingerprint density at radius 1 is 0.957 bits per heavy atom. The number of carbonyl (C=O) groups is 6. The zero-order valence-corrected chi connectivity index (χ0v) is 40.9. The van der Waals surface area contributed by atoms with Crippen molar-refractivity contribution < 1.29 is 47.7 Å². The van der Waals surface area contributed by atoms with Crippen LogP contribution in [0.25, 0.3) is 10.4 Å². The van der Waals surface area contributed by atoms with Crippen LogP contribution in [-0.4, -0.2) is 116 Å². The summed E-state index contributed by atoms with van der Waals surface area (Å²) in [6.45, 7) is 13.4. The molecule has 0 spiro atoms. The molecule has 0 bridgehead atoms. The number of hydrogen-bond acceptors (Lipinski definition) is 14. The normalized spacial score (nSPS) is 19.3. The lowest BCUT2D eigenvalue weighted by Crippen LogP contribution is -2.61. The maximum Gasteiger partial charge on any atom is 0.330 e. The summed E-state index contributed by atoms with van der Waals surface area (Å²) in [5, 5.41) is 12.1. The van der Waals surface area contributed by atoms with Gasteiger partial charge in [0.05, 0.1) is 30.8 Å². The highest BCUT2D eigenvalue weighted by atomic mass is 32.2. The Labute approximate surface area is 403 Å². The first-order chi connectivity index (χ1) is 32.6. The maximum atomic E-state index is 14.9. The smallest absolute Gasteiger partial charge is 0.330 e. The number of aromatic amines is 1. The molecule has 0 unspecified atom stereocenters. The molecule has 5 rings (SSSR count). The lowest BCUT2D eigenvalue weighted by Gasteiger charge is -2.36. The quantitative estimate of drug-likeness (QED) is 0.0546. The second kappa shape index (κ2) is 23.6. The van der Waals surface area contributed by atoms with E-state index in [4.69, 9.17) is 24.5 Å². The minimum absolute atomic E-state index is 0.0356. The average Bonchev–Trinajstić information content (AvgIpc) is 3.83. The van der Waals surface area contributed by atoms with Gasteiger partial charge in [-0.2, -0.15) is 0 Å². The second-order valence-electron chi connectivity index (χ2n) is 18.5. The van der Waals surface area contributed by atoms with E-state index in [-0.39, 0.29) is 43.9 Å². The minimum atomic E-state index is -1.65. The number of para-hydroxylation sites is 1. The molecule has 2 aliphatic rings. The van der Waals surface area contributed by atoms with E-state index in [2.05, 4.69) is 31.0 Å². The fourth-order valence-electron chi connectivity index (χ4n) is 7.91. The van der Waals surface area contributed by atoms with Gasteiger partial charge in [-0.15, -0.1) is 11.8 Å². The third-order valence-corrected chi connectivity index (χ3v) is 12.7. The molecule has 4 N–H and O–H groups in total. The largest absolute Gasteiger partial charge is 0.483 e. The Kier molecular flexibility index (Phi) is 18.2. The standard InChI is InChI=1S/C47H61N9O12S/c1-27-13-12-14-28(2)39(27)66-25-35(58)50-32(21-30-15-10-9-11-16-30)40(44(63)56-26-69-47(7,8)41(56)43(62)52-46(4,5)6)68-38(60)18-17-34(57)49-20-19-37(59)65-24-33-31(53-54-48)22-36(67-33)55-23-29(3)42(61)51-45(55)64/h9-16,23,31-33,36,40-41H,17-22,24-26H2,1-8H3,(H,49,57)(H,50,58)(H,52,62)(H,51,61,64)/t31-,32-,33+,36+,40-,41+/m0/s1. The Morgan fingerprint density at radius 2 is 1.65 bits per heavy atom. The van der Waals surface area contributed by atoms with Crippen LogP contribution in [0.3, 0.4) is 0 Å². The van der Waals surface area contributed by atoms with Gasteiger partial charge in [-0.3, -0.25) is 43.1 Å². The SMILES string of the molecule is Cc1cccc(C)c1OCC(=O)N[C@@H](Cc1ccccc1)[C@H](OC(=O)CCC(=O)NCCC(=O)OC[C@H]1O[C@@H](n2cc(C)c(=O)[nH]c2=O)C[C@@H]1N=[N+]=[N-])C(=O)N1CSC(C)(C)[C@H]1C(=O)NC(C)(C)C. The molecule has 0 aliphatic carbocycles. The highest BCUT2D eigenvalue weighted by Gasteiger charge is 2.51. The van der Waals surface area contributed by atoms with Crippen molar-refractivity contribution in [3.05, 3.63) is 108 Å². The number of H-pyrrole nitrogens is 1. The Balaban J connectivity index is 1.25. The molecular formula is C47H61N9O12S. The molecular weight excluding hydrogens is 915 g/mol. The van der Waals surface area contributed by atoms with Crippen LogP contribution in [0, 0.1) is 20.8 Å². The van der Waals surface area contributed by atoms with Crippen molar-refractivity contribution in [3.8, 4) is 5.75 Å². The maximum absolute atomic E-state index is 14.9. The molecule has 6 atom stereocenters. The molecule has 22 heteroatoms. The first kappa shape index (κ1) is 53.3. The molecule has 3 aromatic rings. The number of ether oxygens (including phenoxy) is 4. The van der Waals surface area contributed by atoms with Crippen LogP contribution < -0.4 is 31.9 Å². The number of thioether (sulfide) groups is 1. The lowest BCUT2D eigenvalue weighted by molar-refractivity contribution is -0.164. The summed E-state index contributed by atoms with van der Waals surface area (Å²) in [6, 6.07) is 11.6. The summed E-state index contributed by atoms with van der Waals surface area (Å²) in [7, 11) is 0. The summed E-state index contributed by atoms with van der Waals surface area (Å²) >= 11 is 1.37. The van der Waals surface area contributed by atoms with E-state index in [0.29, 0.717) is 11.3 Å². The molecule has 0 saturated carbocycles. The lowest BCUT2D eigenvalue weighted by atomic mass is 9.96. The number of azide groups is 1. The molecule has 69 heavy (non-hydrogen) atoms. The summed E-state index contributed by atoms with van der Waals surface area (Å²) in [5.41, 5.74) is 9.76. The van der Waals surface area contributed by atoms with Crippen LogP contribution >= 0.6 is 11.8 Å². The Bertz CT molecular complexity index is 2520. The molecule has 2 aliphatic heterocycles. The van der Waals surface area contributed by atoms with E-state index in [9.17, 15) is 38.4 Å². The molecule has 2 saturated heterocycles. The number of carbonyl (C=O) groups excluding carboxylic acids is 6. The zero-order valence-electron chi connectivity index (χ0n) is 40.1. The van der Waals surface area contributed by atoms with Crippen molar-refractivity contribution in [1.29, 1.82) is 0 Å².